The zero-order chi connectivity index (χ0) is 32.2. The number of anilines is 2. The van der Waals surface area contributed by atoms with Gasteiger partial charge in [0.2, 0.25) is 0 Å². The number of amides is 1. The van der Waals surface area contributed by atoms with Crippen molar-refractivity contribution < 1.29 is 18.9 Å². The van der Waals surface area contributed by atoms with E-state index < -0.39 is 16.8 Å². The molecular formula is C38H44N2O4S. The van der Waals surface area contributed by atoms with Crippen molar-refractivity contribution in [2.24, 2.45) is 0 Å². The Bertz CT molecular complexity index is 1550. The first-order valence-electron chi connectivity index (χ1n) is 15.8. The number of nitrogens with zero attached hydrogens (tertiary/aromatic N) is 1. The molecule has 7 heteroatoms. The highest BCUT2D eigenvalue weighted by Crippen LogP contribution is 2.26. The second-order valence-corrected chi connectivity index (χ2v) is 13.0. The number of benzene rings is 4. The second kappa shape index (κ2) is 16.7. The molecule has 0 heterocycles. The molecule has 0 aliphatic carbocycles. The van der Waals surface area contributed by atoms with Crippen molar-refractivity contribution in [3.05, 3.63) is 124 Å². The molecule has 4 aromatic rings. The number of carboxylic acid groups (broad SMARTS) is 1. The van der Waals surface area contributed by atoms with Gasteiger partial charge in [-0.2, -0.15) is 0 Å². The normalized spacial score (nSPS) is 11.6. The number of para-hydroxylation sites is 1. The molecule has 45 heavy (non-hydrogen) atoms. The lowest BCUT2D eigenvalue weighted by atomic mass is 10.0. The Morgan fingerprint density at radius 2 is 1.33 bits per heavy atom. The first-order chi connectivity index (χ1) is 21.8. The van der Waals surface area contributed by atoms with Crippen LogP contribution in [0.2, 0.25) is 0 Å². The Morgan fingerprint density at radius 1 is 0.778 bits per heavy atom. The maximum atomic E-state index is 13.4. The van der Waals surface area contributed by atoms with Crippen LogP contribution in [0.4, 0.5) is 11.4 Å². The van der Waals surface area contributed by atoms with Gasteiger partial charge < -0.3 is 15.3 Å². The number of carboxylic acids is 1. The Morgan fingerprint density at radius 3 is 1.87 bits per heavy atom. The summed E-state index contributed by atoms with van der Waals surface area (Å²) in [6.45, 7) is 7.78. The van der Waals surface area contributed by atoms with Crippen molar-refractivity contribution in [3.8, 4) is 0 Å². The first-order valence-corrected chi connectivity index (χ1v) is 17.1. The van der Waals surface area contributed by atoms with Crippen LogP contribution in [0.25, 0.3) is 0 Å². The van der Waals surface area contributed by atoms with Crippen LogP contribution in [0.15, 0.2) is 95.9 Å². The highest BCUT2D eigenvalue weighted by molar-refractivity contribution is 7.85. The standard InChI is InChI=1S/C38H44N2O4S/c1-4-9-29-14-18-31(19-15-29)26-40(27-32-20-16-30(10-5-2)17-21-32)33-22-23-34(28(3)25-33)38(43)39-35-11-6-7-12-36(35)45(44)24-8-13-37(41)42/h6-7,11-12,14-23,25H,4-5,8-10,13,24,26-27H2,1-3H3,(H,39,43)(H,41,42). The molecule has 0 aliphatic rings. The van der Waals surface area contributed by atoms with Crippen LogP contribution in [-0.2, 0) is 41.5 Å². The lowest BCUT2D eigenvalue weighted by Gasteiger charge is -2.26. The third-order valence-corrected chi connectivity index (χ3v) is 9.30. The lowest BCUT2D eigenvalue weighted by Crippen LogP contribution is -2.23. The largest absolute Gasteiger partial charge is 0.481 e. The van der Waals surface area contributed by atoms with Crippen LogP contribution >= 0.6 is 0 Å². The molecule has 0 saturated heterocycles. The fourth-order valence-electron chi connectivity index (χ4n) is 5.40. The Labute approximate surface area is 270 Å². The third-order valence-electron chi connectivity index (χ3n) is 7.79. The molecule has 0 aromatic heterocycles. The minimum Gasteiger partial charge on any atom is -0.481 e. The average Bonchev–Trinajstić information content (AvgIpc) is 3.02. The summed E-state index contributed by atoms with van der Waals surface area (Å²) in [6, 6.07) is 30.6. The van der Waals surface area contributed by atoms with Crippen LogP contribution in [0, 0.1) is 6.92 Å². The molecule has 1 atom stereocenters. The van der Waals surface area contributed by atoms with E-state index >= 15 is 0 Å². The summed E-state index contributed by atoms with van der Waals surface area (Å²) in [5, 5.41) is 11.9. The van der Waals surface area contributed by atoms with E-state index in [2.05, 4.69) is 78.7 Å². The zero-order valence-corrected chi connectivity index (χ0v) is 27.4. The fraction of sp³-hybridized carbons (Fsp3) is 0.316. The maximum absolute atomic E-state index is 13.4. The number of carbonyl (C=O) groups excluding carboxylic acids is 1. The molecule has 236 valence electrons. The molecule has 0 aliphatic heterocycles. The number of aliphatic carboxylic acids is 1. The van der Waals surface area contributed by atoms with Gasteiger partial charge in [0.05, 0.1) is 21.4 Å². The van der Waals surface area contributed by atoms with Gasteiger partial charge in [-0.15, -0.1) is 0 Å². The molecule has 4 rings (SSSR count). The second-order valence-electron chi connectivity index (χ2n) is 11.5. The summed E-state index contributed by atoms with van der Waals surface area (Å²) in [7, 11) is -1.43. The van der Waals surface area contributed by atoms with E-state index in [1.54, 1.807) is 24.3 Å². The predicted molar refractivity (Wildman–Crippen MR) is 184 cm³/mol. The summed E-state index contributed by atoms with van der Waals surface area (Å²) in [4.78, 5) is 27.2. The maximum Gasteiger partial charge on any atom is 0.303 e. The molecule has 0 saturated carbocycles. The van der Waals surface area contributed by atoms with Gasteiger partial charge in [-0.05, 0) is 84.3 Å². The van der Waals surface area contributed by atoms with Gasteiger partial charge in [0.1, 0.15) is 0 Å². The van der Waals surface area contributed by atoms with E-state index in [9.17, 15) is 13.8 Å². The molecular weight excluding hydrogens is 580 g/mol. The van der Waals surface area contributed by atoms with Gasteiger partial charge in [0.15, 0.2) is 0 Å². The number of rotatable bonds is 16. The number of nitrogens with one attached hydrogen (secondary N) is 1. The van der Waals surface area contributed by atoms with E-state index in [1.165, 1.54) is 22.3 Å². The molecule has 0 fully saturated rings. The van der Waals surface area contributed by atoms with Crippen LogP contribution in [0.5, 0.6) is 0 Å². The lowest BCUT2D eigenvalue weighted by molar-refractivity contribution is -0.137. The monoisotopic (exact) mass is 624 g/mol. The Kier molecular flexibility index (Phi) is 12.5. The van der Waals surface area contributed by atoms with E-state index in [1.807, 2.05) is 19.1 Å². The van der Waals surface area contributed by atoms with Gasteiger partial charge in [0, 0.05) is 36.5 Å². The van der Waals surface area contributed by atoms with Gasteiger partial charge in [-0.25, -0.2) is 0 Å². The molecule has 2 N–H and O–H groups in total. The quantitative estimate of drug-likeness (QED) is 0.131. The topological polar surface area (TPSA) is 86.7 Å². The number of aryl methyl sites for hydroxylation is 3. The van der Waals surface area contributed by atoms with Crippen molar-refractivity contribution in [3.63, 3.8) is 0 Å². The highest BCUT2D eigenvalue weighted by atomic mass is 32.2. The number of carbonyl (C=O) groups is 2. The first kappa shape index (κ1) is 33.7. The third kappa shape index (κ3) is 9.88. The molecule has 0 bridgehead atoms. The minimum atomic E-state index is -1.43. The van der Waals surface area contributed by atoms with Crippen LogP contribution in [0.1, 0.15) is 77.7 Å². The van der Waals surface area contributed by atoms with E-state index in [0.29, 0.717) is 22.6 Å². The van der Waals surface area contributed by atoms with Gasteiger partial charge in [-0.3, -0.25) is 13.8 Å². The molecule has 0 spiro atoms. The van der Waals surface area contributed by atoms with E-state index in [-0.39, 0.29) is 18.1 Å². The molecule has 6 nitrogen and oxygen atoms in total. The summed E-state index contributed by atoms with van der Waals surface area (Å²) < 4.78 is 12.9. The highest BCUT2D eigenvalue weighted by Gasteiger charge is 2.17. The van der Waals surface area contributed by atoms with Crippen LogP contribution < -0.4 is 10.2 Å². The molecule has 4 aromatic carbocycles. The van der Waals surface area contributed by atoms with Gasteiger partial charge in [-0.1, -0.05) is 87.4 Å². The molecule has 1 unspecified atom stereocenters. The Balaban J connectivity index is 1.55. The summed E-state index contributed by atoms with van der Waals surface area (Å²) >= 11 is 0. The molecule has 1 amide bonds. The average molecular weight is 625 g/mol. The summed E-state index contributed by atoms with van der Waals surface area (Å²) in [5.41, 5.74) is 8.02. The van der Waals surface area contributed by atoms with Crippen molar-refractivity contribution in [1.82, 2.24) is 0 Å². The Hall–Kier alpha value is -4.23. The number of hydrogen-bond donors (Lipinski definition) is 2. The van der Waals surface area contributed by atoms with E-state index in [0.717, 1.165) is 50.0 Å². The molecule has 0 radical (unpaired) electrons. The van der Waals surface area contributed by atoms with Crippen LogP contribution in [0.3, 0.4) is 0 Å². The zero-order valence-electron chi connectivity index (χ0n) is 26.6. The predicted octanol–water partition coefficient (Wildman–Crippen LogP) is 8.33. The van der Waals surface area contributed by atoms with Crippen molar-refractivity contribution in [2.45, 2.75) is 77.3 Å². The SMILES string of the molecule is CCCc1ccc(CN(Cc2ccc(CCC)cc2)c2ccc(C(=O)Nc3ccccc3S(=O)CCCC(=O)O)c(C)c2)cc1. The summed E-state index contributed by atoms with van der Waals surface area (Å²) in [6.07, 6.45) is 4.64. The van der Waals surface area contributed by atoms with Crippen molar-refractivity contribution >= 4 is 34.1 Å². The summed E-state index contributed by atoms with van der Waals surface area (Å²) in [5.74, 6) is -0.981. The number of hydrogen-bond acceptors (Lipinski definition) is 4. The van der Waals surface area contributed by atoms with Crippen LogP contribution in [-0.4, -0.2) is 26.9 Å². The van der Waals surface area contributed by atoms with Crippen molar-refractivity contribution in [1.29, 1.82) is 0 Å². The van der Waals surface area contributed by atoms with E-state index in [4.69, 9.17) is 5.11 Å². The smallest absolute Gasteiger partial charge is 0.303 e. The van der Waals surface area contributed by atoms with Gasteiger partial charge in [0.25, 0.3) is 5.91 Å². The fourth-order valence-corrected chi connectivity index (χ4v) is 6.62. The minimum absolute atomic E-state index is 0.0445. The van der Waals surface area contributed by atoms with Gasteiger partial charge >= 0.3 is 5.97 Å². The van der Waals surface area contributed by atoms with Crippen molar-refractivity contribution in [2.75, 3.05) is 16.0 Å².